The number of rotatable bonds is 5. The molecular weight excluding hydrogens is 214 g/mol. The summed E-state index contributed by atoms with van der Waals surface area (Å²) in [6, 6.07) is 0. The van der Waals surface area contributed by atoms with Crippen LogP contribution in [0.5, 0.6) is 0 Å². The molecule has 0 aliphatic heterocycles. The van der Waals surface area contributed by atoms with Gasteiger partial charge in [-0.25, -0.2) is 14.8 Å². The third-order valence-electron chi connectivity index (χ3n) is 1.70. The summed E-state index contributed by atoms with van der Waals surface area (Å²) in [6.07, 6.45) is 2.15. The Bertz CT molecular complexity index is 377. The molecule has 1 heterocycles. The molecule has 0 aliphatic carbocycles. The molecule has 0 saturated heterocycles. The SMILES string of the molecule is COCCNC(=O)c1cnc(C(=O)O)cn1. The summed E-state index contributed by atoms with van der Waals surface area (Å²) >= 11 is 0. The predicted molar refractivity (Wildman–Crippen MR) is 53.2 cm³/mol. The lowest BCUT2D eigenvalue weighted by atomic mass is 10.4. The Hall–Kier alpha value is -2.02. The highest BCUT2D eigenvalue weighted by Gasteiger charge is 2.09. The molecule has 7 heteroatoms. The number of hydrogen-bond donors (Lipinski definition) is 2. The van der Waals surface area contributed by atoms with Gasteiger partial charge in [-0.1, -0.05) is 0 Å². The van der Waals surface area contributed by atoms with Gasteiger partial charge in [-0.15, -0.1) is 0 Å². The van der Waals surface area contributed by atoms with Crippen molar-refractivity contribution in [1.82, 2.24) is 15.3 Å². The third-order valence-corrected chi connectivity index (χ3v) is 1.70. The van der Waals surface area contributed by atoms with Crippen LogP contribution in [-0.2, 0) is 4.74 Å². The second-order valence-corrected chi connectivity index (χ2v) is 2.84. The summed E-state index contributed by atoms with van der Waals surface area (Å²) in [5.41, 5.74) is -0.130. The van der Waals surface area contributed by atoms with Crippen LogP contribution in [0.1, 0.15) is 21.0 Å². The summed E-state index contributed by atoms with van der Waals surface area (Å²) in [5, 5.41) is 11.1. The smallest absolute Gasteiger partial charge is 0.356 e. The monoisotopic (exact) mass is 225 g/mol. The predicted octanol–water partition coefficient (Wildman–Crippen LogP) is -0.449. The molecule has 0 saturated carbocycles. The standard InChI is InChI=1S/C9H11N3O4/c1-16-3-2-10-8(13)6-4-12-7(5-11-6)9(14)15/h4-5H,2-3H2,1H3,(H,10,13)(H,14,15). The van der Waals surface area contributed by atoms with Crippen molar-refractivity contribution < 1.29 is 19.4 Å². The van der Waals surface area contributed by atoms with E-state index in [1.54, 1.807) is 0 Å². The van der Waals surface area contributed by atoms with Crippen molar-refractivity contribution >= 4 is 11.9 Å². The summed E-state index contributed by atoms with van der Waals surface area (Å²) in [5.74, 6) is -1.60. The molecule has 16 heavy (non-hydrogen) atoms. The van der Waals surface area contributed by atoms with Crippen molar-refractivity contribution in [2.24, 2.45) is 0 Å². The molecule has 2 N–H and O–H groups in total. The van der Waals surface area contributed by atoms with Gasteiger partial charge in [-0.2, -0.15) is 0 Å². The Morgan fingerprint density at radius 3 is 2.50 bits per heavy atom. The number of carboxylic acids is 1. The first-order valence-electron chi connectivity index (χ1n) is 4.47. The van der Waals surface area contributed by atoms with E-state index >= 15 is 0 Å². The van der Waals surface area contributed by atoms with E-state index in [1.807, 2.05) is 0 Å². The van der Waals surface area contributed by atoms with E-state index in [0.717, 1.165) is 12.4 Å². The van der Waals surface area contributed by atoms with Crippen LogP contribution in [0.2, 0.25) is 0 Å². The van der Waals surface area contributed by atoms with Crippen LogP contribution in [0, 0.1) is 0 Å². The molecule has 0 unspecified atom stereocenters. The lowest BCUT2D eigenvalue weighted by Gasteiger charge is -2.03. The van der Waals surface area contributed by atoms with Gasteiger partial charge < -0.3 is 15.2 Å². The molecule has 1 rings (SSSR count). The van der Waals surface area contributed by atoms with Crippen molar-refractivity contribution in [3.8, 4) is 0 Å². The maximum atomic E-state index is 11.4. The van der Waals surface area contributed by atoms with Crippen LogP contribution in [0.4, 0.5) is 0 Å². The Morgan fingerprint density at radius 1 is 1.38 bits per heavy atom. The van der Waals surface area contributed by atoms with E-state index < -0.39 is 11.9 Å². The fourth-order valence-corrected chi connectivity index (χ4v) is 0.913. The first-order valence-corrected chi connectivity index (χ1v) is 4.47. The molecule has 86 valence electrons. The number of ether oxygens (including phenoxy) is 1. The summed E-state index contributed by atoms with van der Waals surface area (Å²) < 4.78 is 4.75. The Balaban J connectivity index is 2.59. The summed E-state index contributed by atoms with van der Waals surface area (Å²) in [6.45, 7) is 0.754. The first kappa shape index (κ1) is 12.1. The van der Waals surface area contributed by atoms with Crippen molar-refractivity contribution in [3.63, 3.8) is 0 Å². The number of amides is 1. The Labute approximate surface area is 91.5 Å². The minimum atomic E-state index is -1.18. The summed E-state index contributed by atoms with van der Waals surface area (Å²) in [7, 11) is 1.52. The largest absolute Gasteiger partial charge is 0.476 e. The second kappa shape index (κ2) is 5.76. The minimum Gasteiger partial charge on any atom is -0.476 e. The van der Waals surface area contributed by atoms with E-state index in [1.165, 1.54) is 7.11 Å². The molecule has 7 nitrogen and oxygen atoms in total. The molecule has 1 amide bonds. The lowest BCUT2D eigenvalue weighted by Crippen LogP contribution is -2.28. The molecule has 1 aromatic rings. The van der Waals surface area contributed by atoms with E-state index in [-0.39, 0.29) is 11.4 Å². The Morgan fingerprint density at radius 2 is 2.00 bits per heavy atom. The van der Waals surface area contributed by atoms with Crippen LogP contribution in [0.3, 0.4) is 0 Å². The molecular formula is C9H11N3O4. The van der Waals surface area contributed by atoms with Crippen molar-refractivity contribution in [2.75, 3.05) is 20.3 Å². The van der Waals surface area contributed by atoms with Gasteiger partial charge in [0, 0.05) is 13.7 Å². The highest BCUT2D eigenvalue weighted by atomic mass is 16.5. The van der Waals surface area contributed by atoms with Gasteiger partial charge in [0.25, 0.3) is 5.91 Å². The van der Waals surface area contributed by atoms with Gasteiger partial charge in [0.1, 0.15) is 5.69 Å². The number of aromatic carboxylic acids is 1. The van der Waals surface area contributed by atoms with Gasteiger partial charge in [0.15, 0.2) is 5.69 Å². The second-order valence-electron chi connectivity index (χ2n) is 2.84. The van der Waals surface area contributed by atoms with Crippen LogP contribution in [0.25, 0.3) is 0 Å². The maximum absolute atomic E-state index is 11.4. The fourth-order valence-electron chi connectivity index (χ4n) is 0.913. The zero-order chi connectivity index (χ0) is 12.0. The molecule has 0 bridgehead atoms. The van der Waals surface area contributed by atoms with E-state index in [9.17, 15) is 9.59 Å². The number of nitrogens with one attached hydrogen (secondary N) is 1. The van der Waals surface area contributed by atoms with E-state index in [4.69, 9.17) is 9.84 Å². The minimum absolute atomic E-state index is 0.0705. The number of carbonyl (C=O) groups is 2. The van der Waals surface area contributed by atoms with E-state index in [2.05, 4.69) is 15.3 Å². The van der Waals surface area contributed by atoms with Crippen molar-refractivity contribution in [3.05, 3.63) is 23.8 Å². The van der Waals surface area contributed by atoms with Gasteiger partial charge in [0.2, 0.25) is 0 Å². The molecule has 0 fully saturated rings. The topological polar surface area (TPSA) is 101 Å². The molecule has 0 radical (unpaired) electrons. The number of aromatic nitrogens is 2. The van der Waals surface area contributed by atoms with Gasteiger partial charge in [0.05, 0.1) is 19.0 Å². The van der Waals surface area contributed by atoms with Crippen LogP contribution in [0.15, 0.2) is 12.4 Å². The molecule has 0 aliphatic rings. The zero-order valence-electron chi connectivity index (χ0n) is 8.64. The quantitative estimate of drug-likeness (QED) is 0.658. The van der Waals surface area contributed by atoms with Crippen LogP contribution >= 0.6 is 0 Å². The highest BCUT2D eigenvalue weighted by molar-refractivity contribution is 5.92. The molecule has 1 aromatic heterocycles. The van der Waals surface area contributed by atoms with Gasteiger partial charge in [-0.05, 0) is 0 Å². The lowest BCUT2D eigenvalue weighted by molar-refractivity contribution is 0.0689. The number of carbonyl (C=O) groups excluding carboxylic acids is 1. The highest BCUT2D eigenvalue weighted by Crippen LogP contribution is 1.95. The number of methoxy groups -OCH3 is 1. The van der Waals surface area contributed by atoms with Gasteiger partial charge in [-0.3, -0.25) is 4.79 Å². The number of hydrogen-bond acceptors (Lipinski definition) is 5. The average molecular weight is 225 g/mol. The zero-order valence-corrected chi connectivity index (χ0v) is 8.64. The van der Waals surface area contributed by atoms with Crippen LogP contribution in [-0.4, -0.2) is 47.2 Å². The number of carboxylic acid groups (broad SMARTS) is 1. The summed E-state index contributed by atoms with van der Waals surface area (Å²) in [4.78, 5) is 29.1. The maximum Gasteiger partial charge on any atom is 0.356 e. The molecule has 0 aromatic carbocycles. The van der Waals surface area contributed by atoms with Crippen molar-refractivity contribution in [2.45, 2.75) is 0 Å². The van der Waals surface area contributed by atoms with Gasteiger partial charge >= 0.3 is 5.97 Å². The van der Waals surface area contributed by atoms with Crippen molar-refractivity contribution in [1.29, 1.82) is 0 Å². The Kier molecular flexibility index (Phi) is 4.34. The fraction of sp³-hybridized carbons (Fsp3) is 0.333. The first-order chi connectivity index (χ1) is 7.65. The third kappa shape index (κ3) is 3.28. The molecule has 0 spiro atoms. The van der Waals surface area contributed by atoms with E-state index in [0.29, 0.717) is 13.2 Å². The number of nitrogens with zero attached hydrogens (tertiary/aromatic N) is 2. The average Bonchev–Trinajstić information content (AvgIpc) is 2.29. The molecule has 0 atom stereocenters. The van der Waals surface area contributed by atoms with Crippen LogP contribution < -0.4 is 5.32 Å². The normalized spacial score (nSPS) is 9.81.